The number of aromatic nitrogens is 2. The number of nitrogens with zero attached hydrogens (tertiary/aromatic N) is 3. The maximum absolute atomic E-state index is 12.6. The number of likely N-dealkylation sites (tertiary alicyclic amines) is 1. The molecule has 3 heterocycles. The van der Waals surface area contributed by atoms with Gasteiger partial charge in [-0.15, -0.1) is 11.3 Å². The fourth-order valence-corrected chi connectivity index (χ4v) is 3.78. The van der Waals surface area contributed by atoms with Crippen LogP contribution in [0.2, 0.25) is 0 Å². The predicted molar refractivity (Wildman–Crippen MR) is 87.1 cm³/mol. The molecule has 1 N–H and O–H groups in total. The van der Waals surface area contributed by atoms with Crippen molar-refractivity contribution >= 4 is 23.2 Å². The van der Waals surface area contributed by atoms with E-state index in [9.17, 15) is 9.59 Å². The second-order valence-corrected chi connectivity index (χ2v) is 6.49. The average molecular weight is 330 g/mol. The number of rotatable bonds is 4. The first-order valence-corrected chi connectivity index (χ1v) is 8.37. The Balaban J connectivity index is 1.73. The zero-order chi connectivity index (χ0) is 16.2. The van der Waals surface area contributed by atoms with Gasteiger partial charge >= 0.3 is 0 Å². The van der Waals surface area contributed by atoms with Crippen LogP contribution in [0.3, 0.4) is 0 Å². The van der Waals surface area contributed by atoms with E-state index < -0.39 is 0 Å². The number of hydrogen-bond acceptors (Lipinski definition) is 5. The van der Waals surface area contributed by atoms with Gasteiger partial charge in [0.2, 0.25) is 5.91 Å². The van der Waals surface area contributed by atoms with Gasteiger partial charge < -0.3 is 10.2 Å². The summed E-state index contributed by atoms with van der Waals surface area (Å²) in [5.41, 5.74) is 0.910. The highest BCUT2D eigenvalue weighted by molar-refractivity contribution is 7.13. The number of pyridine rings is 1. The topological polar surface area (TPSA) is 75.2 Å². The van der Waals surface area contributed by atoms with Crippen LogP contribution in [0.5, 0.6) is 0 Å². The first-order chi connectivity index (χ1) is 11.2. The molecule has 1 aliphatic heterocycles. The summed E-state index contributed by atoms with van der Waals surface area (Å²) in [5.74, 6) is -0.0582. The lowest BCUT2D eigenvalue weighted by atomic mass is 10.2. The smallest absolute Gasteiger partial charge is 0.262 e. The molecule has 0 aromatic carbocycles. The summed E-state index contributed by atoms with van der Waals surface area (Å²) in [6.07, 6.45) is 7.19. The van der Waals surface area contributed by atoms with Crippen molar-refractivity contribution in [3.8, 4) is 0 Å². The standard InChI is InChI=1S/C16H18N4O2S/c1-17-15(22)13-10-19-16(23-13)12-5-3-7-20(12)14(21)8-11-4-2-6-18-9-11/h2,4,6,9-10,12H,3,5,7-8H2,1H3,(H,17,22)/t12-/m0/s1. The van der Waals surface area contributed by atoms with Gasteiger partial charge in [0.25, 0.3) is 5.91 Å². The van der Waals surface area contributed by atoms with Gasteiger partial charge in [-0.3, -0.25) is 14.6 Å². The molecular formula is C16H18N4O2S. The monoisotopic (exact) mass is 330 g/mol. The molecule has 2 aromatic heterocycles. The van der Waals surface area contributed by atoms with Crippen LogP contribution < -0.4 is 5.32 Å². The molecule has 0 aliphatic carbocycles. The van der Waals surface area contributed by atoms with E-state index in [1.807, 2.05) is 17.0 Å². The molecule has 3 rings (SSSR count). The van der Waals surface area contributed by atoms with E-state index in [0.717, 1.165) is 30.0 Å². The highest BCUT2D eigenvalue weighted by Crippen LogP contribution is 2.34. The minimum atomic E-state index is -0.139. The molecular weight excluding hydrogens is 312 g/mol. The van der Waals surface area contributed by atoms with Crippen molar-refractivity contribution < 1.29 is 9.59 Å². The van der Waals surface area contributed by atoms with Crippen molar-refractivity contribution in [2.45, 2.75) is 25.3 Å². The Morgan fingerprint density at radius 1 is 1.43 bits per heavy atom. The zero-order valence-corrected chi connectivity index (χ0v) is 13.7. The zero-order valence-electron chi connectivity index (χ0n) is 12.9. The molecule has 1 fully saturated rings. The lowest BCUT2D eigenvalue weighted by Gasteiger charge is -2.23. The van der Waals surface area contributed by atoms with Gasteiger partial charge in [0.05, 0.1) is 18.7 Å². The summed E-state index contributed by atoms with van der Waals surface area (Å²) >= 11 is 1.36. The number of amides is 2. The van der Waals surface area contributed by atoms with E-state index in [1.54, 1.807) is 25.6 Å². The van der Waals surface area contributed by atoms with E-state index in [2.05, 4.69) is 15.3 Å². The number of thiazole rings is 1. The number of carbonyl (C=O) groups is 2. The molecule has 0 bridgehead atoms. The maximum Gasteiger partial charge on any atom is 0.262 e. The molecule has 2 amide bonds. The van der Waals surface area contributed by atoms with Gasteiger partial charge in [-0.25, -0.2) is 4.98 Å². The molecule has 23 heavy (non-hydrogen) atoms. The van der Waals surface area contributed by atoms with Crippen LogP contribution in [-0.4, -0.2) is 40.3 Å². The molecule has 0 saturated carbocycles. The third-order valence-electron chi connectivity index (χ3n) is 3.91. The Morgan fingerprint density at radius 3 is 3.04 bits per heavy atom. The molecule has 1 atom stereocenters. The molecule has 1 saturated heterocycles. The summed E-state index contributed by atoms with van der Waals surface area (Å²) in [4.78, 5) is 35.1. The lowest BCUT2D eigenvalue weighted by molar-refractivity contribution is -0.131. The molecule has 7 heteroatoms. The molecule has 0 radical (unpaired) electrons. The van der Waals surface area contributed by atoms with Crippen molar-refractivity contribution in [3.63, 3.8) is 0 Å². The predicted octanol–water partition coefficient (Wildman–Crippen LogP) is 1.80. The highest BCUT2D eigenvalue weighted by atomic mass is 32.1. The summed E-state index contributed by atoms with van der Waals surface area (Å²) in [5, 5.41) is 3.43. The van der Waals surface area contributed by atoms with Crippen molar-refractivity contribution in [1.82, 2.24) is 20.2 Å². The quantitative estimate of drug-likeness (QED) is 0.927. The molecule has 6 nitrogen and oxygen atoms in total. The van der Waals surface area contributed by atoms with Crippen LogP contribution in [-0.2, 0) is 11.2 Å². The molecule has 2 aromatic rings. The summed E-state index contributed by atoms with van der Waals surface area (Å²) < 4.78 is 0. The van der Waals surface area contributed by atoms with Gasteiger partial charge in [-0.2, -0.15) is 0 Å². The van der Waals surface area contributed by atoms with Gasteiger partial charge in [-0.05, 0) is 24.5 Å². The van der Waals surface area contributed by atoms with Crippen LogP contribution in [0.25, 0.3) is 0 Å². The number of nitrogens with one attached hydrogen (secondary N) is 1. The van der Waals surface area contributed by atoms with Crippen LogP contribution in [0, 0.1) is 0 Å². The second-order valence-electron chi connectivity index (χ2n) is 5.43. The van der Waals surface area contributed by atoms with Crippen LogP contribution >= 0.6 is 11.3 Å². The number of hydrogen-bond donors (Lipinski definition) is 1. The molecule has 1 aliphatic rings. The Labute approximate surface area is 138 Å². The van der Waals surface area contributed by atoms with E-state index in [4.69, 9.17) is 0 Å². The van der Waals surface area contributed by atoms with Crippen molar-refractivity contribution in [3.05, 3.63) is 46.2 Å². The number of carbonyl (C=O) groups excluding carboxylic acids is 2. The Bertz CT molecular complexity index is 701. The van der Waals surface area contributed by atoms with E-state index in [0.29, 0.717) is 11.3 Å². The SMILES string of the molecule is CNC(=O)c1cnc([C@@H]2CCCN2C(=O)Cc2cccnc2)s1. The normalized spacial score (nSPS) is 17.3. The minimum absolute atomic E-state index is 0.0254. The minimum Gasteiger partial charge on any atom is -0.354 e. The fourth-order valence-electron chi connectivity index (χ4n) is 2.77. The second kappa shape index (κ2) is 6.87. The third-order valence-corrected chi connectivity index (χ3v) is 5.01. The molecule has 0 spiro atoms. The lowest BCUT2D eigenvalue weighted by Crippen LogP contribution is -2.31. The first-order valence-electron chi connectivity index (χ1n) is 7.55. The fraction of sp³-hybridized carbons (Fsp3) is 0.375. The highest BCUT2D eigenvalue weighted by Gasteiger charge is 2.32. The van der Waals surface area contributed by atoms with Crippen molar-refractivity contribution in [2.75, 3.05) is 13.6 Å². The summed E-state index contributed by atoms with van der Waals surface area (Å²) in [6, 6.07) is 3.71. The summed E-state index contributed by atoms with van der Waals surface area (Å²) in [7, 11) is 1.60. The Morgan fingerprint density at radius 2 is 2.30 bits per heavy atom. The summed E-state index contributed by atoms with van der Waals surface area (Å²) in [6.45, 7) is 0.735. The largest absolute Gasteiger partial charge is 0.354 e. The van der Waals surface area contributed by atoms with Crippen LogP contribution in [0.4, 0.5) is 0 Å². The van der Waals surface area contributed by atoms with Crippen LogP contribution in [0.15, 0.2) is 30.7 Å². The van der Waals surface area contributed by atoms with Gasteiger partial charge in [0, 0.05) is 26.0 Å². The molecule has 0 unspecified atom stereocenters. The van der Waals surface area contributed by atoms with Crippen LogP contribution in [0.1, 0.15) is 39.1 Å². The van der Waals surface area contributed by atoms with Crippen molar-refractivity contribution in [2.24, 2.45) is 0 Å². The maximum atomic E-state index is 12.6. The molecule has 120 valence electrons. The van der Waals surface area contributed by atoms with Gasteiger partial charge in [-0.1, -0.05) is 6.07 Å². The Hall–Kier alpha value is -2.28. The van der Waals surface area contributed by atoms with E-state index >= 15 is 0 Å². The van der Waals surface area contributed by atoms with E-state index in [1.165, 1.54) is 11.3 Å². The van der Waals surface area contributed by atoms with Gasteiger partial charge in [0.15, 0.2) is 0 Å². The van der Waals surface area contributed by atoms with E-state index in [-0.39, 0.29) is 17.9 Å². The first kappa shape index (κ1) is 15.6. The van der Waals surface area contributed by atoms with Crippen molar-refractivity contribution in [1.29, 1.82) is 0 Å². The Kier molecular flexibility index (Phi) is 4.66. The van der Waals surface area contributed by atoms with Gasteiger partial charge in [0.1, 0.15) is 9.88 Å². The third kappa shape index (κ3) is 3.39. The average Bonchev–Trinajstić information content (AvgIpc) is 3.23.